The van der Waals surface area contributed by atoms with Crippen molar-refractivity contribution in [3.8, 4) is 0 Å². The van der Waals surface area contributed by atoms with Crippen molar-refractivity contribution in [1.29, 1.82) is 0 Å². The lowest BCUT2D eigenvalue weighted by Gasteiger charge is -2.37. The Bertz CT molecular complexity index is 1620. The van der Waals surface area contributed by atoms with E-state index in [1.165, 1.54) is 0 Å². The SMILES string of the molecule is NCCCOCCOCCOCCCNC(=O)CC[C@H](NC(=O)CCCCCCCCCCCCC(=O)O)C(=O)OC(c1ccccc1)(c1ccccc1)c1ccccc1Cl. The van der Waals surface area contributed by atoms with Crippen LogP contribution in [0, 0.1) is 0 Å². The number of halogens is 1. The first kappa shape index (κ1) is 51.0. The maximum Gasteiger partial charge on any atom is 0.330 e. The Morgan fingerprint density at radius 2 is 1.08 bits per heavy atom. The van der Waals surface area contributed by atoms with Crippen LogP contribution in [0.5, 0.6) is 0 Å². The fourth-order valence-electron chi connectivity index (χ4n) is 6.95. The van der Waals surface area contributed by atoms with Gasteiger partial charge >= 0.3 is 11.9 Å². The highest BCUT2D eigenvalue weighted by atomic mass is 35.5. The zero-order valence-corrected chi connectivity index (χ0v) is 36.6. The number of carbonyl (C=O) groups excluding carboxylic acids is 3. The van der Waals surface area contributed by atoms with Crippen LogP contribution in [0.15, 0.2) is 84.9 Å². The second-order valence-electron chi connectivity index (χ2n) is 15.1. The predicted molar refractivity (Wildman–Crippen MR) is 238 cm³/mol. The molecule has 0 aliphatic heterocycles. The van der Waals surface area contributed by atoms with Gasteiger partial charge in [-0.3, -0.25) is 14.4 Å². The van der Waals surface area contributed by atoms with Gasteiger partial charge in [0.1, 0.15) is 6.04 Å². The molecule has 0 aromatic heterocycles. The van der Waals surface area contributed by atoms with Crippen LogP contribution in [0.25, 0.3) is 0 Å². The zero-order valence-electron chi connectivity index (χ0n) is 35.8. The molecule has 0 saturated carbocycles. The van der Waals surface area contributed by atoms with Crippen molar-refractivity contribution >= 4 is 35.4 Å². The zero-order chi connectivity index (χ0) is 43.8. The van der Waals surface area contributed by atoms with Gasteiger partial charge in [0.2, 0.25) is 11.8 Å². The van der Waals surface area contributed by atoms with Gasteiger partial charge in [-0.05, 0) is 44.7 Å². The first-order valence-corrected chi connectivity index (χ1v) is 22.5. The van der Waals surface area contributed by atoms with E-state index in [2.05, 4.69) is 10.6 Å². The van der Waals surface area contributed by atoms with E-state index in [0.717, 1.165) is 64.2 Å². The highest BCUT2D eigenvalue weighted by molar-refractivity contribution is 6.31. The molecule has 13 heteroatoms. The van der Waals surface area contributed by atoms with E-state index in [0.29, 0.717) is 87.3 Å². The summed E-state index contributed by atoms with van der Waals surface area (Å²) in [6, 6.07) is 24.9. The molecule has 0 fully saturated rings. The lowest BCUT2D eigenvalue weighted by Crippen LogP contribution is -2.46. The molecule has 61 heavy (non-hydrogen) atoms. The molecule has 3 aromatic rings. The number of hydrogen-bond donors (Lipinski definition) is 4. The number of carbonyl (C=O) groups is 4. The third-order valence-electron chi connectivity index (χ3n) is 10.2. The van der Waals surface area contributed by atoms with Crippen molar-refractivity contribution in [1.82, 2.24) is 10.6 Å². The third kappa shape index (κ3) is 20.4. The summed E-state index contributed by atoms with van der Waals surface area (Å²) in [5, 5.41) is 15.0. The Morgan fingerprint density at radius 3 is 1.62 bits per heavy atom. The lowest BCUT2D eigenvalue weighted by atomic mass is 9.80. The predicted octanol–water partition coefficient (Wildman–Crippen LogP) is 8.11. The standard InChI is InChI=1S/C48H68ClN3O9/c49-42-26-18-17-25-41(42)48(39-21-11-9-12-22-39,40-23-13-10-14-24-40)61-47(57)43(52-45(54)27-15-7-5-3-1-2-4-6-8-16-28-46(55)56)29-30-44(53)51-32-20-34-59-36-38-60-37-35-58-33-19-31-50/h9-14,17-18,21-26,43H,1-8,15-16,19-20,27-38,50H2,(H,51,53)(H,52,54)(H,55,56)/t43-/m0/s1. The topological polar surface area (TPSA) is 176 Å². The first-order valence-electron chi connectivity index (χ1n) is 22.1. The van der Waals surface area contributed by atoms with Crippen LogP contribution in [0.2, 0.25) is 5.02 Å². The summed E-state index contributed by atoms with van der Waals surface area (Å²) >= 11 is 6.88. The molecule has 3 aromatic carbocycles. The average Bonchev–Trinajstić information content (AvgIpc) is 3.27. The monoisotopic (exact) mass is 865 g/mol. The summed E-state index contributed by atoms with van der Waals surface area (Å²) < 4.78 is 23.2. The van der Waals surface area contributed by atoms with Crippen LogP contribution in [-0.4, -0.2) is 87.6 Å². The quantitative estimate of drug-likeness (QED) is 0.0257. The van der Waals surface area contributed by atoms with Gasteiger partial charge in [0, 0.05) is 60.7 Å². The van der Waals surface area contributed by atoms with E-state index in [9.17, 15) is 19.2 Å². The molecule has 0 radical (unpaired) electrons. The molecule has 0 aliphatic carbocycles. The fourth-order valence-corrected chi connectivity index (χ4v) is 7.22. The molecule has 0 spiro atoms. The number of ether oxygens (including phenoxy) is 4. The second-order valence-corrected chi connectivity index (χ2v) is 15.5. The summed E-state index contributed by atoms with van der Waals surface area (Å²) in [5.74, 6) is -1.97. The van der Waals surface area contributed by atoms with Gasteiger partial charge in [0.25, 0.3) is 0 Å². The minimum Gasteiger partial charge on any atom is -0.481 e. The van der Waals surface area contributed by atoms with Crippen LogP contribution in [0.4, 0.5) is 0 Å². The minimum absolute atomic E-state index is 0.0164. The highest BCUT2D eigenvalue weighted by Gasteiger charge is 2.43. The van der Waals surface area contributed by atoms with Crippen molar-refractivity contribution < 1.29 is 43.2 Å². The lowest BCUT2D eigenvalue weighted by molar-refractivity contribution is -0.157. The summed E-state index contributed by atoms with van der Waals surface area (Å²) in [6.07, 6.45) is 11.5. The van der Waals surface area contributed by atoms with Gasteiger partial charge in [0.15, 0.2) is 5.60 Å². The number of carboxylic acids is 1. The van der Waals surface area contributed by atoms with E-state index in [-0.39, 0.29) is 37.5 Å². The van der Waals surface area contributed by atoms with Gasteiger partial charge in [-0.2, -0.15) is 0 Å². The Labute approximate surface area is 367 Å². The number of nitrogens with two attached hydrogens (primary N) is 1. The fraction of sp³-hybridized carbons (Fsp3) is 0.542. The highest BCUT2D eigenvalue weighted by Crippen LogP contribution is 2.43. The average molecular weight is 867 g/mol. The first-order chi connectivity index (χ1) is 29.8. The molecular weight excluding hydrogens is 798 g/mol. The molecule has 0 aliphatic rings. The molecule has 0 saturated heterocycles. The molecule has 3 rings (SSSR count). The molecule has 12 nitrogen and oxygen atoms in total. The van der Waals surface area contributed by atoms with E-state index in [4.69, 9.17) is 41.4 Å². The number of amides is 2. The smallest absolute Gasteiger partial charge is 0.330 e. The molecule has 5 N–H and O–H groups in total. The molecule has 1 atom stereocenters. The van der Waals surface area contributed by atoms with Gasteiger partial charge in [0.05, 0.1) is 26.4 Å². The molecular formula is C48H68ClN3O9. The Morgan fingerprint density at radius 1 is 0.590 bits per heavy atom. The normalized spacial score (nSPS) is 11.8. The van der Waals surface area contributed by atoms with Gasteiger partial charge in [-0.1, -0.05) is 142 Å². The van der Waals surface area contributed by atoms with Crippen LogP contribution in [0.3, 0.4) is 0 Å². The van der Waals surface area contributed by atoms with Crippen molar-refractivity contribution in [2.45, 2.75) is 114 Å². The van der Waals surface area contributed by atoms with Crippen molar-refractivity contribution in [2.75, 3.05) is 52.7 Å². The van der Waals surface area contributed by atoms with Crippen molar-refractivity contribution in [3.63, 3.8) is 0 Å². The molecule has 2 amide bonds. The Balaban J connectivity index is 1.60. The van der Waals surface area contributed by atoms with Gasteiger partial charge in [-0.25, -0.2) is 4.79 Å². The number of nitrogens with one attached hydrogen (secondary N) is 2. The maximum absolute atomic E-state index is 14.5. The summed E-state index contributed by atoms with van der Waals surface area (Å²) in [7, 11) is 0. The molecule has 0 heterocycles. The number of esters is 1. The number of rotatable bonds is 35. The third-order valence-corrected chi connectivity index (χ3v) is 10.5. The van der Waals surface area contributed by atoms with Gasteiger partial charge in [-0.15, -0.1) is 0 Å². The second kappa shape index (κ2) is 31.5. The Hall–Kier alpha value is -4.33. The maximum atomic E-state index is 14.5. The summed E-state index contributed by atoms with van der Waals surface area (Å²) in [4.78, 5) is 51.7. The van der Waals surface area contributed by atoms with Gasteiger partial charge < -0.3 is 40.4 Å². The largest absolute Gasteiger partial charge is 0.481 e. The molecule has 336 valence electrons. The van der Waals surface area contributed by atoms with Crippen LogP contribution in [-0.2, 0) is 43.7 Å². The number of carboxylic acid groups (broad SMARTS) is 1. The Kier molecular flexibility index (Phi) is 26.4. The van der Waals surface area contributed by atoms with Crippen molar-refractivity contribution in [3.05, 3.63) is 107 Å². The summed E-state index contributed by atoms with van der Waals surface area (Å²) in [6.45, 7) is 3.94. The number of aliphatic carboxylic acids is 1. The van der Waals surface area contributed by atoms with E-state index >= 15 is 0 Å². The summed E-state index contributed by atoms with van der Waals surface area (Å²) in [5.41, 5.74) is 5.89. The van der Waals surface area contributed by atoms with E-state index in [1.54, 1.807) is 6.07 Å². The van der Waals surface area contributed by atoms with E-state index in [1.807, 2.05) is 78.9 Å². The van der Waals surface area contributed by atoms with Crippen LogP contribution in [0.1, 0.15) is 119 Å². The van der Waals surface area contributed by atoms with Crippen molar-refractivity contribution in [2.24, 2.45) is 5.73 Å². The number of unbranched alkanes of at least 4 members (excludes halogenated alkanes) is 9. The van der Waals surface area contributed by atoms with Crippen LogP contribution < -0.4 is 16.4 Å². The number of benzene rings is 3. The molecule has 0 bridgehead atoms. The molecule has 0 unspecified atom stereocenters. The van der Waals surface area contributed by atoms with E-state index < -0.39 is 23.6 Å². The van der Waals surface area contributed by atoms with Crippen LogP contribution >= 0.6 is 11.6 Å². The minimum atomic E-state index is -1.47. The number of hydrogen-bond acceptors (Lipinski definition) is 9.